The molecule has 0 spiro atoms. The highest BCUT2D eigenvalue weighted by Gasteiger charge is 2.30. The molecule has 1 aromatic carbocycles. The molecule has 3 rings (SSSR count). The molecule has 1 aliphatic heterocycles. The number of nitrogens with zero attached hydrogens (tertiary/aromatic N) is 2. The average Bonchev–Trinajstić information content (AvgIpc) is 3.21. The van der Waals surface area contributed by atoms with Crippen molar-refractivity contribution >= 4 is 5.91 Å². The Kier molecular flexibility index (Phi) is 6.44. The number of rotatable bonds is 6. The lowest BCUT2D eigenvalue weighted by Crippen LogP contribution is -2.40. The van der Waals surface area contributed by atoms with E-state index in [9.17, 15) is 18.0 Å². The molecular weight excluding hydrogens is 369 g/mol. The van der Waals surface area contributed by atoms with E-state index in [0.717, 1.165) is 38.5 Å². The highest BCUT2D eigenvalue weighted by Crippen LogP contribution is 2.29. The zero-order valence-corrected chi connectivity index (χ0v) is 15.9. The molecule has 0 saturated carbocycles. The first-order chi connectivity index (χ1) is 13.3. The fourth-order valence-electron chi connectivity index (χ4n) is 3.64. The van der Waals surface area contributed by atoms with E-state index in [1.807, 2.05) is 0 Å². The Morgan fingerprint density at radius 3 is 2.61 bits per heavy atom. The molecule has 0 unspecified atom stereocenters. The topological polar surface area (TPSA) is 36.7 Å². The number of benzene rings is 1. The zero-order chi connectivity index (χ0) is 20.1. The third-order valence-corrected chi connectivity index (χ3v) is 5.29. The number of alkyl halides is 3. The molecular formula is C21H25F3N2O2. The second kappa shape index (κ2) is 8.82. The third-order valence-electron chi connectivity index (χ3n) is 5.29. The summed E-state index contributed by atoms with van der Waals surface area (Å²) in [6, 6.07) is 8.92. The number of hydrogen-bond acceptors (Lipinski definition) is 3. The number of piperidine rings is 1. The van der Waals surface area contributed by atoms with Crippen molar-refractivity contribution in [3.8, 4) is 0 Å². The number of hydrogen-bond donors (Lipinski definition) is 0. The van der Waals surface area contributed by atoms with Crippen molar-refractivity contribution in [1.82, 2.24) is 9.80 Å². The van der Waals surface area contributed by atoms with E-state index in [1.165, 1.54) is 18.4 Å². The summed E-state index contributed by atoms with van der Waals surface area (Å²) in [4.78, 5) is 16.2. The maximum Gasteiger partial charge on any atom is 0.416 e. The Balaban J connectivity index is 1.43. The highest BCUT2D eigenvalue weighted by atomic mass is 19.4. The van der Waals surface area contributed by atoms with Gasteiger partial charge in [0, 0.05) is 20.1 Å². The molecule has 1 aromatic heterocycles. The summed E-state index contributed by atoms with van der Waals surface area (Å²) in [5.41, 5.74) is 0.119. The van der Waals surface area contributed by atoms with Crippen molar-refractivity contribution in [2.45, 2.75) is 25.4 Å². The lowest BCUT2D eigenvalue weighted by molar-refractivity contribution is -0.137. The van der Waals surface area contributed by atoms with E-state index in [-0.39, 0.29) is 5.91 Å². The van der Waals surface area contributed by atoms with E-state index in [2.05, 4.69) is 4.90 Å². The van der Waals surface area contributed by atoms with Gasteiger partial charge in [0.05, 0.1) is 11.8 Å². The molecule has 4 nitrogen and oxygen atoms in total. The monoisotopic (exact) mass is 394 g/mol. The van der Waals surface area contributed by atoms with Gasteiger partial charge in [-0.2, -0.15) is 13.2 Å². The standard InChI is InChI=1S/C21H25F3N2O2/c1-25(20(27)19-6-3-13-28-19)15-17-8-11-26(12-9-17)10-7-16-4-2-5-18(14-16)21(22,23)24/h2-6,13-14,17H,7-12,15H2,1H3. The van der Waals surface area contributed by atoms with Crippen LogP contribution in [0.3, 0.4) is 0 Å². The molecule has 0 bridgehead atoms. The summed E-state index contributed by atoms with van der Waals surface area (Å²) in [6.07, 6.45) is -0.264. The molecule has 1 amide bonds. The van der Waals surface area contributed by atoms with E-state index in [0.29, 0.717) is 30.2 Å². The van der Waals surface area contributed by atoms with E-state index in [1.54, 1.807) is 30.1 Å². The predicted molar refractivity (Wildman–Crippen MR) is 100.0 cm³/mol. The van der Waals surface area contributed by atoms with Gasteiger partial charge in [-0.3, -0.25) is 4.79 Å². The van der Waals surface area contributed by atoms with Crippen LogP contribution in [-0.4, -0.2) is 48.9 Å². The maximum absolute atomic E-state index is 12.8. The van der Waals surface area contributed by atoms with Crippen LogP contribution in [0.15, 0.2) is 47.1 Å². The Hall–Kier alpha value is -2.28. The second-order valence-electron chi connectivity index (χ2n) is 7.40. The number of carbonyl (C=O) groups is 1. The molecule has 0 aliphatic carbocycles. The highest BCUT2D eigenvalue weighted by molar-refractivity contribution is 5.91. The number of furan rings is 1. The fourth-order valence-corrected chi connectivity index (χ4v) is 3.64. The minimum atomic E-state index is -4.30. The van der Waals surface area contributed by atoms with E-state index < -0.39 is 11.7 Å². The molecule has 7 heteroatoms. The zero-order valence-electron chi connectivity index (χ0n) is 15.9. The molecule has 152 valence electrons. The average molecular weight is 394 g/mol. The molecule has 2 aromatic rings. The molecule has 1 fully saturated rings. The van der Waals surface area contributed by atoms with Crippen molar-refractivity contribution in [3.63, 3.8) is 0 Å². The van der Waals surface area contributed by atoms with Crippen LogP contribution in [-0.2, 0) is 12.6 Å². The molecule has 0 N–H and O–H groups in total. The number of likely N-dealkylation sites (tertiary alicyclic amines) is 1. The Bertz CT molecular complexity index is 766. The van der Waals surface area contributed by atoms with Crippen LogP contribution in [0.5, 0.6) is 0 Å². The Morgan fingerprint density at radius 2 is 1.96 bits per heavy atom. The van der Waals surface area contributed by atoms with Gasteiger partial charge in [-0.1, -0.05) is 18.2 Å². The fraction of sp³-hybridized carbons (Fsp3) is 0.476. The smallest absolute Gasteiger partial charge is 0.416 e. The molecule has 28 heavy (non-hydrogen) atoms. The normalized spacial score (nSPS) is 16.3. The molecule has 0 radical (unpaired) electrons. The first kappa shape index (κ1) is 20.5. The van der Waals surface area contributed by atoms with Gasteiger partial charge in [-0.05, 0) is 62.0 Å². The van der Waals surface area contributed by atoms with Crippen LogP contribution in [0.1, 0.15) is 34.5 Å². The summed E-state index contributed by atoms with van der Waals surface area (Å²) in [5, 5.41) is 0. The number of amides is 1. The number of carbonyl (C=O) groups excluding carboxylic acids is 1. The van der Waals surface area contributed by atoms with Crippen LogP contribution < -0.4 is 0 Å². The van der Waals surface area contributed by atoms with Crippen LogP contribution in [0.2, 0.25) is 0 Å². The van der Waals surface area contributed by atoms with Gasteiger partial charge in [-0.25, -0.2) is 0 Å². The van der Waals surface area contributed by atoms with Gasteiger partial charge in [0.1, 0.15) is 0 Å². The summed E-state index contributed by atoms with van der Waals surface area (Å²) in [6.45, 7) is 3.22. The predicted octanol–water partition coefficient (Wildman–Crippen LogP) is 4.33. The van der Waals surface area contributed by atoms with Crippen LogP contribution in [0.25, 0.3) is 0 Å². The van der Waals surface area contributed by atoms with Gasteiger partial charge in [-0.15, -0.1) is 0 Å². The summed E-state index contributed by atoms with van der Waals surface area (Å²) in [7, 11) is 1.78. The first-order valence-electron chi connectivity index (χ1n) is 9.50. The third kappa shape index (κ3) is 5.38. The largest absolute Gasteiger partial charge is 0.459 e. The van der Waals surface area contributed by atoms with Gasteiger partial charge in [0.15, 0.2) is 5.76 Å². The molecule has 1 saturated heterocycles. The number of halogens is 3. The van der Waals surface area contributed by atoms with Crippen molar-refractivity contribution in [2.24, 2.45) is 5.92 Å². The first-order valence-corrected chi connectivity index (χ1v) is 9.50. The second-order valence-corrected chi connectivity index (χ2v) is 7.40. The lowest BCUT2D eigenvalue weighted by Gasteiger charge is -2.33. The molecule has 2 heterocycles. The quantitative estimate of drug-likeness (QED) is 0.732. The Labute approximate surface area is 162 Å². The molecule has 0 atom stereocenters. The Morgan fingerprint density at radius 1 is 1.21 bits per heavy atom. The van der Waals surface area contributed by atoms with Crippen LogP contribution >= 0.6 is 0 Å². The van der Waals surface area contributed by atoms with Gasteiger partial charge >= 0.3 is 6.18 Å². The van der Waals surface area contributed by atoms with Gasteiger partial charge < -0.3 is 14.2 Å². The summed E-state index contributed by atoms with van der Waals surface area (Å²) < 4.78 is 43.6. The minimum Gasteiger partial charge on any atom is -0.459 e. The van der Waals surface area contributed by atoms with Crippen molar-refractivity contribution < 1.29 is 22.4 Å². The summed E-state index contributed by atoms with van der Waals surface area (Å²) in [5.74, 6) is 0.659. The minimum absolute atomic E-state index is 0.114. The van der Waals surface area contributed by atoms with Gasteiger partial charge in [0.25, 0.3) is 5.91 Å². The van der Waals surface area contributed by atoms with Crippen molar-refractivity contribution in [1.29, 1.82) is 0 Å². The maximum atomic E-state index is 12.8. The van der Waals surface area contributed by atoms with Gasteiger partial charge in [0.2, 0.25) is 0 Å². The molecule has 1 aliphatic rings. The van der Waals surface area contributed by atoms with Crippen LogP contribution in [0, 0.1) is 5.92 Å². The van der Waals surface area contributed by atoms with Crippen molar-refractivity contribution in [3.05, 3.63) is 59.5 Å². The van der Waals surface area contributed by atoms with E-state index >= 15 is 0 Å². The lowest BCUT2D eigenvalue weighted by atomic mass is 9.96. The SMILES string of the molecule is CN(CC1CCN(CCc2cccc(C(F)(F)F)c2)CC1)C(=O)c1ccco1. The van der Waals surface area contributed by atoms with E-state index in [4.69, 9.17) is 4.42 Å². The van der Waals surface area contributed by atoms with Crippen molar-refractivity contribution in [2.75, 3.05) is 33.2 Å². The summed E-state index contributed by atoms with van der Waals surface area (Å²) >= 11 is 0. The van der Waals surface area contributed by atoms with Crippen LogP contribution in [0.4, 0.5) is 13.2 Å².